The predicted molar refractivity (Wildman–Crippen MR) is 59.3 cm³/mol. The fraction of sp³-hybridized carbons (Fsp3) is 0.200. The maximum absolute atomic E-state index is 5.79. The third-order valence-electron chi connectivity index (χ3n) is 2.29. The van der Waals surface area contributed by atoms with Crippen LogP contribution in [0.3, 0.4) is 0 Å². The molecule has 0 aliphatic rings. The zero-order valence-corrected chi connectivity index (χ0v) is 8.49. The molecular weight excluding hydrogens is 190 g/mol. The number of H-pyrrole nitrogens is 1. The third kappa shape index (κ3) is 2.07. The summed E-state index contributed by atoms with van der Waals surface area (Å²) in [6.07, 6.45) is 1.49. The average molecular weight is 203 g/mol. The highest BCUT2D eigenvalue weighted by Gasteiger charge is 2.01. The van der Waals surface area contributed by atoms with Crippen molar-refractivity contribution in [3.63, 3.8) is 0 Å². The number of hydrogen-bond acceptors (Lipinski definition) is 4. The number of aromatic amines is 1. The maximum atomic E-state index is 5.79. The summed E-state index contributed by atoms with van der Waals surface area (Å²) in [5.74, 6) is 0.803. The molecule has 1 aromatic carbocycles. The van der Waals surface area contributed by atoms with Crippen molar-refractivity contribution in [2.45, 2.75) is 13.5 Å². The topological polar surface area (TPSA) is 79.6 Å². The summed E-state index contributed by atoms with van der Waals surface area (Å²) in [6, 6.07) is 5.79. The molecule has 15 heavy (non-hydrogen) atoms. The largest absolute Gasteiger partial charge is 0.398 e. The molecule has 0 aliphatic carbocycles. The fourth-order valence-corrected chi connectivity index (χ4v) is 1.34. The minimum absolute atomic E-state index is 0.615. The number of anilines is 2. The van der Waals surface area contributed by atoms with Crippen molar-refractivity contribution >= 4 is 11.4 Å². The van der Waals surface area contributed by atoms with Crippen LogP contribution < -0.4 is 11.1 Å². The first-order chi connectivity index (χ1) is 7.27. The Hall–Kier alpha value is -2.04. The first-order valence-electron chi connectivity index (χ1n) is 4.70. The molecule has 0 bridgehead atoms. The molecule has 0 amide bonds. The van der Waals surface area contributed by atoms with Crippen LogP contribution in [0.5, 0.6) is 0 Å². The monoisotopic (exact) mass is 203 g/mol. The summed E-state index contributed by atoms with van der Waals surface area (Å²) >= 11 is 0. The van der Waals surface area contributed by atoms with E-state index in [4.69, 9.17) is 5.73 Å². The van der Waals surface area contributed by atoms with Crippen LogP contribution in [0.4, 0.5) is 11.4 Å². The van der Waals surface area contributed by atoms with E-state index in [0.29, 0.717) is 6.54 Å². The highest BCUT2D eigenvalue weighted by atomic mass is 15.2. The molecule has 5 heteroatoms. The van der Waals surface area contributed by atoms with Crippen LogP contribution in [0.25, 0.3) is 0 Å². The maximum Gasteiger partial charge on any atom is 0.143 e. The van der Waals surface area contributed by atoms with Gasteiger partial charge in [-0.15, -0.1) is 0 Å². The number of nitrogens with zero attached hydrogens (tertiary/aromatic N) is 2. The molecule has 5 nitrogen and oxygen atoms in total. The lowest BCUT2D eigenvalue weighted by Crippen LogP contribution is -2.03. The van der Waals surface area contributed by atoms with E-state index in [1.165, 1.54) is 6.33 Å². The van der Waals surface area contributed by atoms with Crippen molar-refractivity contribution in [3.8, 4) is 0 Å². The third-order valence-corrected chi connectivity index (χ3v) is 2.29. The van der Waals surface area contributed by atoms with E-state index in [-0.39, 0.29) is 0 Å². The van der Waals surface area contributed by atoms with Gasteiger partial charge in [0.15, 0.2) is 0 Å². The van der Waals surface area contributed by atoms with Gasteiger partial charge in [-0.1, -0.05) is 6.07 Å². The summed E-state index contributed by atoms with van der Waals surface area (Å²) in [5.41, 5.74) is 8.66. The van der Waals surface area contributed by atoms with Crippen LogP contribution in [0.15, 0.2) is 24.5 Å². The normalized spacial score (nSPS) is 10.2. The summed E-state index contributed by atoms with van der Waals surface area (Å²) in [7, 11) is 0. The van der Waals surface area contributed by atoms with Gasteiger partial charge in [0.2, 0.25) is 0 Å². The number of nitrogens with one attached hydrogen (secondary N) is 2. The lowest BCUT2D eigenvalue weighted by molar-refractivity contribution is 0.953. The average Bonchev–Trinajstić information content (AvgIpc) is 2.73. The summed E-state index contributed by atoms with van der Waals surface area (Å²) < 4.78 is 0. The molecule has 0 saturated carbocycles. The highest BCUT2D eigenvalue weighted by molar-refractivity contribution is 5.62. The molecule has 0 unspecified atom stereocenters. The first-order valence-corrected chi connectivity index (χ1v) is 4.70. The molecule has 0 fully saturated rings. The van der Waals surface area contributed by atoms with E-state index >= 15 is 0 Å². The van der Waals surface area contributed by atoms with Crippen LogP contribution >= 0.6 is 0 Å². The van der Waals surface area contributed by atoms with Crippen LogP contribution in [0, 0.1) is 6.92 Å². The number of benzene rings is 1. The molecule has 1 heterocycles. The Labute approximate surface area is 87.7 Å². The summed E-state index contributed by atoms with van der Waals surface area (Å²) in [4.78, 5) is 4.02. The molecule has 0 spiro atoms. The van der Waals surface area contributed by atoms with Gasteiger partial charge in [-0.25, -0.2) is 4.98 Å². The number of rotatable bonds is 3. The quantitative estimate of drug-likeness (QED) is 0.657. The van der Waals surface area contributed by atoms with Crippen molar-refractivity contribution in [1.29, 1.82) is 0 Å². The second kappa shape index (κ2) is 4.00. The van der Waals surface area contributed by atoms with Crippen LogP contribution in [-0.4, -0.2) is 15.2 Å². The lowest BCUT2D eigenvalue weighted by atomic mass is 10.1. The van der Waals surface area contributed by atoms with Gasteiger partial charge < -0.3 is 11.1 Å². The minimum Gasteiger partial charge on any atom is -0.398 e. The summed E-state index contributed by atoms with van der Waals surface area (Å²) in [5, 5.41) is 9.80. The van der Waals surface area contributed by atoms with Crippen LogP contribution in [-0.2, 0) is 6.54 Å². The lowest BCUT2D eigenvalue weighted by Gasteiger charge is -2.09. The molecule has 0 radical (unpaired) electrons. The van der Waals surface area contributed by atoms with Gasteiger partial charge in [0.1, 0.15) is 12.2 Å². The molecule has 0 atom stereocenters. The van der Waals surface area contributed by atoms with E-state index in [1.807, 2.05) is 25.1 Å². The Morgan fingerprint density at radius 2 is 2.33 bits per heavy atom. The van der Waals surface area contributed by atoms with Crippen molar-refractivity contribution in [2.24, 2.45) is 0 Å². The van der Waals surface area contributed by atoms with Crippen LogP contribution in [0.2, 0.25) is 0 Å². The second-order valence-corrected chi connectivity index (χ2v) is 3.31. The van der Waals surface area contributed by atoms with Crippen molar-refractivity contribution in [3.05, 3.63) is 35.9 Å². The standard InChI is InChI=1S/C10H13N5/c1-7-8(11)3-2-4-9(7)12-5-10-13-6-14-15-10/h2-4,6,12H,5,11H2,1H3,(H,13,14,15). The predicted octanol–water partition coefficient (Wildman–Crippen LogP) is 1.31. The zero-order chi connectivity index (χ0) is 10.7. The van der Waals surface area contributed by atoms with Crippen molar-refractivity contribution < 1.29 is 0 Å². The minimum atomic E-state index is 0.615. The SMILES string of the molecule is Cc1c(N)cccc1NCc1ncn[nH]1. The second-order valence-electron chi connectivity index (χ2n) is 3.31. The molecule has 2 aromatic rings. The Morgan fingerprint density at radius 3 is 3.07 bits per heavy atom. The molecule has 78 valence electrons. The number of hydrogen-bond donors (Lipinski definition) is 3. The van der Waals surface area contributed by atoms with E-state index in [2.05, 4.69) is 20.5 Å². The molecule has 0 saturated heterocycles. The number of aromatic nitrogens is 3. The molecule has 2 rings (SSSR count). The van der Waals surface area contributed by atoms with Gasteiger partial charge in [-0.05, 0) is 24.6 Å². The number of nitrogens with two attached hydrogens (primary N) is 1. The molecular formula is C10H13N5. The summed E-state index contributed by atoms with van der Waals surface area (Å²) in [6.45, 7) is 2.60. The van der Waals surface area contributed by atoms with Gasteiger partial charge in [-0.2, -0.15) is 5.10 Å². The Balaban J connectivity index is 2.08. The van der Waals surface area contributed by atoms with E-state index < -0.39 is 0 Å². The van der Waals surface area contributed by atoms with Gasteiger partial charge in [0.25, 0.3) is 0 Å². The van der Waals surface area contributed by atoms with Gasteiger partial charge >= 0.3 is 0 Å². The van der Waals surface area contributed by atoms with E-state index in [0.717, 1.165) is 22.8 Å². The first kappa shape index (κ1) is 9.51. The Bertz CT molecular complexity index is 435. The number of nitrogen functional groups attached to an aromatic ring is 1. The molecule has 0 aliphatic heterocycles. The van der Waals surface area contributed by atoms with Gasteiger partial charge in [-0.3, -0.25) is 5.10 Å². The van der Waals surface area contributed by atoms with Gasteiger partial charge in [0.05, 0.1) is 6.54 Å². The fourth-order valence-electron chi connectivity index (χ4n) is 1.34. The smallest absolute Gasteiger partial charge is 0.143 e. The van der Waals surface area contributed by atoms with E-state index in [1.54, 1.807) is 0 Å². The van der Waals surface area contributed by atoms with Gasteiger partial charge in [0, 0.05) is 11.4 Å². The molecule has 1 aromatic heterocycles. The van der Waals surface area contributed by atoms with Crippen molar-refractivity contribution in [2.75, 3.05) is 11.1 Å². The zero-order valence-electron chi connectivity index (χ0n) is 8.49. The van der Waals surface area contributed by atoms with Crippen molar-refractivity contribution in [1.82, 2.24) is 15.2 Å². The van der Waals surface area contributed by atoms with E-state index in [9.17, 15) is 0 Å². The molecule has 4 N–H and O–H groups in total. The van der Waals surface area contributed by atoms with Crippen LogP contribution in [0.1, 0.15) is 11.4 Å². The highest BCUT2D eigenvalue weighted by Crippen LogP contribution is 2.20. The Morgan fingerprint density at radius 1 is 1.47 bits per heavy atom. The Kier molecular flexibility index (Phi) is 2.53.